The number of aromatic amines is 2. The minimum Gasteiger partial charge on any atom is -0.480 e. The largest absolute Gasteiger partial charge is 0.480 e. The Bertz CT molecular complexity index is 1420. The van der Waals surface area contributed by atoms with Crippen LogP contribution in [0.4, 0.5) is 8.78 Å². The zero-order valence-electron chi connectivity index (χ0n) is 26.0. The number of hydrogen-bond donors (Lipinski definition) is 2. The molecule has 2 N–H and O–H groups in total. The zero-order valence-corrected chi connectivity index (χ0v) is 28.3. The summed E-state index contributed by atoms with van der Waals surface area (Å²) in [5, 5.41) is 2.20. The molecule has 2 heterocycles. The molecule has 0 saturated heterocycles. The number of fused-ring (bicyclic) bond motifs is 2. The van der Waals surface area contributed by atoms with Crippen LogP contribution in [0.25, 0.3) is 21.8 Å². The third kappa shape index (κ3) is 9.87. The van der Waals surface area contributed by atoms with Crippen LogP contribution in [0.15, 0.2) is 61.7 Å². The van der Waals surface area contributed by atoms with E-state index in [0.29, 0.717) is 26.2 Å². The van der Waals surface area contributed by atoms with Crippen molar-refractivity contribution in [3.63, 3.8) is 0 Å². The lowest BCUT2D eigenvalue weighted by Crippen LogP contribution is -2.28. The number of hydrogen-bond acceptors (Lipinski definition) is 4. The van der Waals surface area contributed by atoms with Crippen molar-refractivity contribution in [2.75, 3.05) is 46.2 Å². The number of nitrogens with zero attached hydrogens (tertiary/aromatic N) is 2. The second-order valence-electron chi connectivity index (χ2n) is 9.81. The standard InChI is InChI=1S/C16H22FN2OP.C15H20FN2OP.C2H6/c1-3-9-19(11-8-17)10-7-13-12(2)18-14-5-4-6-15(20-21)16(13)14;1-3-8-18(10-16)9-7-12-11(2)17-13-5-4-6-14(19-20)15(12)13;1-2/h3-6,18H,1,7-11,21H2,2H3;3-6,17H,1,7-10,20H2,2H3;1-2H3. The summed E-state index contributed by atoms with van der Waals surface area (Å²) in [4.78, 5) is 10.5. The summed E-state index contributed by atoms with van der Waals surface area (Å²) < 4.78 is 36.2. The molecular weight excluding hydrogens is 584 g/mol. The maximum Gasteiger partial charge on any atom is 0.143 e. The molecule has 0 bridgehead atoms. The van der Waals surface area contributed by atoms with Gasteiger partial charge in [0, 0.05) is 65.9 Å². The van der Waals surface area contributed by atoms with Crippen molar-refractivity contribution in [1.29, 1.82) is 0 Å². The highest BCUT2D eigenvalue weighted by molar-refractivity contribution is 7.10. The minimum atomic E-state index is -0.458. The highest BCUT2D eigenvalue weighted by Gasteiger charge is 2.15. The maximum atomic E-state index is 12.9. The van der Waals surface area contributed by atoms with Crippen LogP contribution < -0.4 is 9.05 Å². The number of rotatable bonds is 15. The molecular formula is C33H48F2N4O2P2. The van der Waals surface area contributed by atoms with Gasteiger partial charge in [-0.3, -0.25) is 9.80 Å². The van der Waals surface area contributed by atoms with Gasteiger partial charge in [-0.2, -0.15) is 0 Å². The monoisotopic (exact) mass is 632 g/mol. The van der Waals surface area contributed by atoms with Gasteiger partial charge in [-0.1, -0.05) is 38.1 Å². The molecule has 0 amide bonds. The zero-order chi connectivity index (χ0) is 31.8. The van der Waals surface area contributed by atoms with E-state index in [1.165, 1.54) is 11.1 Å². The molecule has 0 spiro atoms. The molecule has 4 rings (SSSR count). The van der Waals surface area contributed by atoms with Crippen LogP contribution in [0.2, 0.25) is 0 Å². The smallest absolute Gasteiger partial charge is 0.143 e. The quantitative estimate of drug-likeness (QED) is 0.0787. The molecule has 10 heteroatoms. The molecule has 0 aliphatic rings. The van der Waals surface area contributed by atoms with Crippen molar-refractivity contribution in [2.45, 2.75) is 40.5 Å². The molecule has 4 aromatic rings. The van der Waals surface area contributed by atoms with E-state index < -0.39 is 6.80 Å². The first-order chi connectivity index (χ1) is 20.9. The predicted molar refractivity (Wildman–Crippen MR) is 186 cm³/mol. The number of alkyl halides is 2. The summed E-state index contributed by atoms with van der Waals surface area (Å²) in [6, 6.07) is 11.9. The summed E-state index contributed by atoms with van der Waals surface area (Å²) in [5.41, 5.74) is 6.78. The number of H-pyrrole nitrogens is 2. The molecule has 0 aliphatic carbocycles. The van der Waals surface area contributed by atoms with Crippen LogP contribution in [-0.4, -0.2) is 66.0 Å². The normalized spacial score (nSPS) is 10.8. The van der Waals surface area contributed by atoms with Gasteiger partial charge in [0.2, 0.25) is 0 Å². The Morgan fingerprint density at radius 2 is 1.19 bits per heavy atom. The minimum absolute atomic E-state index is 0.333. The lowest BCUT2D eigenvalue weighted by molar-refractivity contribution is 0.206. The van der Waals surface area contributed by atoms with Crippen molar-refractivity contribution >= 4 is 40.7 Å². The van der Waals surface area contributed by atoms with E-state index in [9.17, 15) is 8.78 Å². The molecule has 6 nitrogen and oxygen atoms in total. The summed E-state index contributed by atoms with van der Waals surface area (Å²) >= 11 is 0. The van der Waals surface area contributed by atoms with Crippen LogP contribution in [0.1, 0.15) is 36.4 Å². The Balaban J connectivity index is 0.000000284. The molecule has 2 aromatic heterocycles. The first-order valence-corrected chi connectivity index (χ1v) is 15.6. The number of halogens is 2. The summed E-state index contributed by atoms with van der Waals surface area (Å²) in [5.74, 6) is 1.67. The summed E-state index contributed by atoms with van der Waals surface area (Å²) in [7, 11) is 4.58. The van der Waals surface area contributed by atoms with Crippen molar-refractivity contribution in [1.82, 2.24) is 19.8 Å². The van der Waals surface area contributed by atoms with Gasteiger partial charge < -0.3 is 19.0 Å². The third-order valence-corrected chi connectivity index (χ3v) is 7.67. The average molecular weight is 633 g/mol. The molecule has 236 valence electrons. The van der Waals surface area contributed by atoms with E-state index in [4.69, 9.17) is 9.05 Å². The molecule has 2 atom stereocenters. The Morgan fingerprint density at radius 3 is 1.58 bits per heavy atom. The van der Waals surface area contributed by atoms with E-state index in [2.05, 4.69) is 53.9 Å². The average Bonchev–Trinajstić information content (AvgIpc) is 3.53. The topological polar surface area (TPSA) is 56.5 Å². The molecule has 43 heavy (non-hydrogen) atoms. The number of aryl methyl sites for hydroxylation is 2. The van der Waals surface area contributed by atoms with E-state index in [0.717, 1.165) is 64.1 Å². The Kier molecular flexibility index (Phi) is 16.5. The van der Waals surface area contributed by atoms with Crippen molar-refractivity contribution in [2.24, 2.45) is 0 Å². The van der Waals surface area contributed by atoms with Gasteiger partial charge in [-0.15, -0.1) is 13.2 Å². The second-order valence-corrected chi connectivity index (χ2v) is 10.3. The summed E-state index contributed by atoms with van der Waals surface area (Å²) in [6.07, 6.45) is 5.16. The Morgan fingerprint density at radius 1 is 0.744 bits per heavy atom. The van der Waals surface area contributed by atoms with Crippen molar-refractivity contribution in [3.8, 4) is 11.5 Å². The van der Waals surface area contributed by atoms with Crippen LogP contribution >= 0.6 is 18.9 Å². The molecule has 0 fully saturated rings. The van der Waals surface area contributed by atoms with E-state index >= 15 is 0 Å². The van der Waals surface area contributed by atoms with Gasteiger partial charge in [-0.05, 0) is 62.1 Å². The predicted octanol–water partition coefficient (Wildman–Crippen LogP) is 8.27. The number of benzene rings is 2. The maximum absolute atomic E-state index is 12.9. The fourth-order valence-electron chi connectivity index (χ4n) is 5.16. The molecule has 0 radical (unpaired) electrons. The van der Waals surface area contributed by atoms with Gasteiger partial charge >= 0.3 is 0 Å². The lowest BCUT2D eigenvalue weighted by atomic mass is 10.1. The number of nitrogens with one attached hydrogen (secondary N) is 2. The van der Waals surface area contributed by atoms with Gasteiger partial charge in [0.1, 0.15) is 25.0 Å². The SMILES string of the molecule is C=CCN(CCF)CCc1c(C)[nH]c2cccc(OP)c12.C=CCN(CF)CCc1c(C)[nH]c2cccc(OP)c12.CC. The van der Waals surface area contributed by atoms with Crippen molar-refractivity contribution in [3.05, 3.63) is 84.2 Å². The fraction of sp³-hybridized carbons (Fsp3) is 0.394. The van der Waals surface area contributed by atoms with E-state index in [1.54, 1.807) is 11.0 Å². The van der Waals surface area contributed by atoms with Gasteiger partial charge in [0.25, 0.3) is 0 Å². The third-order valence-electron chi connectivity index (χ3n) is 7.16. The highest BCUT2D eigenvalue weighted by atomic mass is 31.0. The fourth-order valence-corrected chi connectivity index (χ4v) is 5.56. The van der Waals surface area contributed by atoms with Crippen LogP contribution in [0, 0.1) is 13.8 Å². The van der Waals surface area contributed by atoms with Crippen LogP contribution in [0.5, 0.6) is 11.5 Å². The van der Waals surface area contributed by atoms with E-state index in [-0.39, 0.29) is 6.67 Å². The summed E-state index contributed by atoms with van der Waals surface area (Å²) in [6.45, 7) is 17.9. The first kappa shape index (κ1) is 36.4. The van der Waals surface area contributed by atoms with Gasteiger partial charge in [0.15, 0.2) is 0 Å². The molecule has 0 saturated carbocycles. The van der Waals surface area contributed by atoms with Gasteiger partial charge in [0.05, 0.1) is 18.9 Å². The molecule has 2 unspecified atom stereocenters. The van der Waals surface area contributed by atoms with Crippen molar-refractivity contribution < 1.29 is 17.8 Å². The van der Waals surface area contributed by atoms with Crippen LogP contribution in [0.3, 0.4) is 0 Å². The molecule has 0 aliphatic heterocycles. The first-order valence-electron chi connectivity index (χ1n) is 14.6. The van der Waals surface area contributed by atoms with Crippen LogP contribution in [-0.2, 0) is 12.8 Å². The molecule has 2 aromatic carbocycles. The van der Waals surface area contributed by atoms with Gasteiger partial charge in [-0.25, -0.2) is 8.78 Å². The Labute approximate surface area is 260 Å². The highest BCUT2D eigenvalue weighted by Crippen LogP contribution is 2.33. The Hall–Kier alpha value is -2.76. The van der Waals surface area contributed by atoms with E-state index in [1.807, 2.05) is 63.2 Å². The number of aromatic nitrogens is 2. The lowest BCUT2D eigenvalue weighted by Gasteiger charge is -2.19. The second kappa shape index (κ2) is 19.5.